The number of ketones is 1. The van der Waals surface area contributed by atoms with Gasteiger partial charge < -0.3 is 9.30 Å². The van der Waals surface area contributed by atoms with E-state index < -0.39 is 5.97 Å². The fourth-order valence-corrected chi connectivity index (χ4v) is 1.99. The van der Waals surface area contributed by atoms with E-state index in [1.54, 1.807) is 31.3 Å². The maximum Gasteiger partial charge on any atom is 0.356 e. The van der Waals surface area contributed by atoms with Crippen LogP contribution in [0.15, 0.2) is 36.4 Å². The second kappa shape index (κ2) is 5.41. The van der Waals surface area contributed by atoms with E-state index in [-0.39, 0.29) is 22.7 Å². The summed E-state index contributed by atoms with van der Waals surface area (Å²) in [5.74, 6) is -0.893. The minimum absolute atomic E-state index is 0.0780. The standard InChI is InChI=1S/C15H12N2O3/c1-17-12(14(18)10-6-4-3-5-7-10)8-11(9-16)13(17)15(19)20-2/h3-8H,1-2H3. The molecule has 0 unspecified atom stereocenters. The minimum Gasteiger partial charge on any atom is -0.464 e. The molecule has 0 saturated heterocycles. The van der Waals surface area contributed by atoms with Crippen LogP contribution in [0, 0.1) is 11.3 Å². The van der Waals surface area contributed by atoms with Gasteiger partial charge in [0.05, 0.1) is 18.4 Å². The van der Waals surface area contributed by atoms with Gasteiger partial charge in [-0.3, -0.25) is 4.79 Å². The van der Waals surface area contributed by atoms with Crippen LogP contribution in [-0.2, 0) is 11.8 Å². The summed E-state index contributed by atoms with van der Waals surface area (Å²) in [7, 11) is 2.79. The lowest BCUT2D eigenvalue weighted by Gasteiger charge is -2.05. The molecule has 5 heteroatoms. The van der Waals surface area contributed by atoms with Crippen LogP contribution in [0.1, 0.15) is 32.1 Å². The first-order chi connectivity index (χ1) is 9.60. The molecular formula is C15H12N2O3. The zero-order chi connectivity index (χ0) is 14.7. The summed E-state index contributed by atoms with van der Waals surface area (Å²) in [4.78, 5) is 24.1. The van der Waals surface area contributed by atoms with Crippen LogP contribution in [0.3, 0.4) is 0 Å². The molecule has 0 atom stereocenters. The van der Waals surface area contributed by atoms with Crippen LogP contribution < -0.4 is 0 Å². The van der Waals surface area contributed by atoms with Crippen LogP contribution in [0.4, 0.5) is 0 Å². The summed E-state index contributed by atoms with van der Waals surface area (Å²) in [6.07, 6.45) is 0. The van der Waals surface area contributed by atoms with Gasteiger partial charge in [0.1, 0.15) is 11.8 Å². The quantitative estimate of drug-likeness (QED) is 0.629. The number of esters is 1. The van der Waals surface area contributed by atoms with Gasteiger partial charge in [0.25, 0.3) is 0 Å². The third-order valence-electron chi connectivity index (χ3n) is 3.00. The molecule has 0 fully saturated rings. The molecule has 0 radical (unpaired) electrons. The summed E-state index contributed by atoms with van der Waals surface area (Å²) in [5.41, 5.74) is 0.968. The fraction of sp³-hybridized carbons (Fsp3) is 0.133. The highest BCUT2D eigenvalue weighted by Gasteiger charge is 2.23. The lowest BCUT2D eigenvalue weighted by molar-refractivity contribution is 0.0589. The number of hydrogen-bond acceptors (Lipinski definition) is 4. The van der Waals surface area contributed by atoms with Crippen molar-refractivity contribution in [3.8, 4) is 6.07 Å². The van der Waals surface area contributed by atoms with E-state index in [1.165, 1.54) is 17.7 Å². The molecule has 1 aromatic carbocycles. The zero-order valence-corrected chi connectivity index (χ0v) is 11.1. The SMILES string of the molecule is COC(=O)c1c(C#N)cc(C(=O)c2ccccc2)n1C. The number of hydrogen-bond donors (Lipinski definition) is 0. The highest BCUT2D eigenvalue weighted by molar-refractivity contribution is 6.09. The average molecular weight is 268 g/mol. The second-order valence-electron chi connectivity index (χ2n) is 4.15. The van der Waals surface area contributed by atoms with Crippen molar-refractivity contribution in [2.45, 2.75) is 0 Å². The molecule has 20 heavy (non-hydrogen) atoms. The Labute approximate surface area is 116 Å². The first kappa shape index (κ1) is 13.6. The van der Waals surface area contributed by atoms with E-state index in [1.807, 2.05) is 12.1 Å². The molecule has 0 aliphatic heterocycles. The van der Waals surface area contributed by atoms with Crippen LogP contribution >= 0.6 is 0 Å². The molecule has 0 spiro atoms. The number of carbonyl (C=O) groups is 2. The molecule has 0 saturated carbocycles. The normalized spacial score (nSPS) is 9.85. The number of methoxy groups -OCH3 is 1. The lowest BCUT2D eigenvalue weighted by Crippen LogP contribution is -2.13. The van der Waals surface area contributed by atoms with Crippen molar-refractivity contribution < 1.29 is 14.3 Å². The minimum atomic E-state index is -0.642. The third-order valence-corrected chi connectivity index (χ3v) is 3.00. The fourth-order valence-electron chi connectivity index (χ4n) is 1.99. The maximum absolute atomic E-state index is 12.4. The summed E-state index contributed by atoms with van der Waals surface area (Å²) in [5, 5.41) is 9.07. The van der Waals surface area contributed by atoms with Gasteiger partial charge in [0, 0.05) is 12.6 Å². The summed E-state index contributed by atoms with van der Waals surface area (Å²) in [6, 6.07) is 12.0. The smallest absolute Gasteiger partial charge is 0.356 e. The monoisotopic (exact) mass is 268 g/mol. The van der Waals surface area contributed by atoms with Crippen molar-refractivity contribution >= 4 is 11.8 Å². The number of nitrogens with zero attached hydrogens (tertiary/aromatic N) is 2. The first-order valence-corrected chi connectivity index (χ1v) is 5.88. The van der Waals surface area contributed by atoms with Crippen molar-refractivity contribution in [3.63, 3.8) is 0 Å². The van der Waals surface area contributed by atoms with Gasteiger partial charge >= 0.3 is 5.97 Å². The molecule has 1 aromatic heterocycles. The molecule has 0 aliphatic carbocycles. The summed E-state index contributed by atoms with van der Waals surface area (Å²) in [6.45, 7) is 0. The predicted molar refractivity (Wildman–Crippen MR) is 71.3 cm³/mol. The van der Waals surface area contributed by atoms with Crippen molar-refractivity contribution in [1.29, 1.82) is 5.26 Å². The van der Waals surface area contributed by atoms with Gasteiger partial charge in [0.2, 0.25) is 5.78 Å². The molecule has 0 amide bonds. The van der Waals surface area contributed by atoms with E-state index in [2.05, 4.69) is 4.74 Å². The molecule has 0 aliphatic rings. The van der Waals surface area contributed by atoms with Crippen LogP contribution in [0.25, 0.3) is 0 Å². The molecule has 2 rings (SSSR count). The lowest BCUT2D eigenvalue weighted by atomic mass is 10.1. The topological polar surface area (TPSA) is 72.1 Å². The Morgan fingerprint density at radius 3 is 2.45 bits per heavy atom. The van der Waals surface area contributed by atoms with Gasteiger partial charge in [0.15, 0.2) is 0 Å². The van der Waals surface area contributed by atoms with Gasteiger partial charge in [-0.25, -0.2) is 4.79 Å². The van der Waals surface area contributed by atoms with Gasteiger partial charge in [-0.2, -0.15) is 5.26 Å². The van der Waals surface area contributed by atoms with E-state index in [0.717, 1.165) is 0 Å². The van der Waals surface area contributed by atoms with E-state index in [9.17, 15) is 9.59 Å². The Morgan fingerprint density at radius 1 is 1.25 bits per heavy atom. The van der Waals surface area contributed by atoms with Crippen molar-refractivity contribution in [1.82, 2.24) is 4.57 Å². The Kier molecular flexibility index (Phi) is 3.67. The third kappa shape index (κ3) is 2.19. The van der Waals surface area contributed by atoms with Crippen molar-refractivity contribution in [3.05, 3.63) is 58.9 Å². The zero-order valence-electron chi connectivity index (χ0n) is 11.1. The number of benzene rings is 1. The number of carbonyl (C=O) groups excluding carboxylic acids is 2. The van der Waals surface area contributed by atoms with Gasteiger partial charge in [-0.1, -0.05) is 30.3 Å². The Hall–Kier alpha value is -2.87. The summed E-state index contributed by atoms with van der Waals surface area (Å²) >= 11 is 0. The predicted octanol–water partition coefficient (Wildman–Crippen LogP) is 1.91. The molecule has 5 nitrogen and oxygen atoms in total. The Morgan fingerprint density at radius 2 is 1.90 bits per heavy atom. The molecule has 1 heterocycles. The Bertz CT molecular complexity index is 709. The molecule has 2 aromatic rings. The van der Waals surface area contributed by atoms with Crippen molar-refractivity contribution in [2.24, 2.45) is 7.05 Å². The number of aromatic nitrogens is 1. The molecular weight excluding hydrogens is 256 g/mol. The Balaban J connectivity index is 2.55. The maximum atomic E-state index is 12.4. The molecule has 0 N–H and O–H groups in total. The van der Waals surface area contributed by atoms with Crippen LogP contribution in [0.2, 0.25) is 0 Å². The second-order valence-corrected chi connectivity index (χ2v) is 4.15. The number of ether oxygens (including phenoxy) is 1. The van der Waals surface area contributed by atoms with Crippen LogP contribution in [0.5, 0.6) is 0 Å². The van der Waals surface area contributed by atoms with Gasteiger partial charge in [-0.15, -0.1) is 0 Å². The number of nitriles is 1. The highest BCUT2D eigenvalue weighted by Crippen LogP contribution is 2.18. The van der Waals surface area contributed by atoms with E-state index >= 15 is 0 Å². The average Bonchev–Trinajstić information content (AvgIpc) is 2.83. The van der Waals surface area contributed by atoms with Gasteiger partial charge in [-0.05, 0) is 6.07 Å². The van der Waals surface area contributed by atoms with Crippen molar-refractivity contribution in [2.75, 3.05) is 7.11 Å². The van der Waals surface area contributed by atoms with Crippen LogP contribution in [-0.4, -0.2) is 23.4 Å². The van der Waals surface area contributed by atoms with E-state index in [0.29, 0.717) is 5.56 Å². The first-order valence-electron chi connectivity index (χ1n) is 5.88. The number of rotatable bonds is 3. The largest absolute Gasteiger partial charge is 0.464 e. The highest BCUT2D eigenvalue weighted by atomic mass is 16.5. The molecule has 0 bridgehead atoms. The molecule has 100 valence electrons. The summed E-state index contributed by atoms with van der Waals surface area (Å²) < 4.78 is 6.02. The van der Waals surface area contributed by atoms with E-state index in [4.69, 9.17) is 5.26 Å².